The third-order valence-corrected chi connectivity index (χ3v) is 1.25. The Balaban J connectivity index is 2.64. The van der Waals surface area contributed by atoms with Gasteiger partial charge >= 0.3 is 6.03 Å². The Hall–Kier alpha value is -1.68. The molecule has 0 fully saturated rings. The second-order valence-electron chi connectivity index (χ2n) is 2.12. The summed E-state index contributed by atoms with van der Waals surface area (Å²) in [5.41, 5.74) is 2.76. The molecule has 2 amide bonds. The van der Waals surface area contributed by atoms with Crippen molar-refractivity contribution < 1.29 is 4.79 Å². The molecule has 0 aliphatic carbocycles. The van der Waals surface area contributed by atoms with Gasteiger partial charge in [-0.2, -0.15) is 0 Å². The van der Waals surface area contributed by atoms with E-state index in [1.165, 1.54) is 6.21 Å². The summed E-state index contributed by atoms with van der Waals surface area (Å²) < 4.78 is 0. The molecule has 4 heteroatoms. The van der Waals surface area contributed by atoms with Crippen molar-refractivity contribution >= 4 is 12.2 Å². The van der Waals surface area contributed by atoms with E-state index in [1.54, 1.807) is 0 Å². The smallest absolute Gasteiger partial charge is 0.274 e. The molecule has 0 unspecified atom stereocenters. The first-order valence-electron chi connectivity index (χ1n) is 3.42. The monoisotopic (exact) mass is 163 g/mol. The summed E-state index contributed by atoms with van der Waals surface area (Å²) in [6.45, 7) is 0. The van der Waals surface area contributed by atoms with Crippen molar-refractivity contribution in [2.75, 3.05) is 0 Å². The minimum absolute atomic E-state index is 0.557. The fourth-order valence-electron chi connectivity index (χ4n) is 0.710. The van der Waals surface area contributed by atoms with Crippen LogP contribution in [0.25, 0.3) is 0 Å². The summed E-state index contributed by atoms with van der Waals surface area (Å²) in [6, 6.07) is 8.74. The molecule has 3 N–H and O–H groups in total. The van der Waals surface area contributed by atoms with E-state index in [1.807, 2.05) is 35.8 Å². The lowest BCUT2D eigenvalue weighted by atomic mass is 10.2. The summed E-state index contributed by atoms with van der Waals surface area (Å²) in [4.78, 5) is 14.1. The van der Waals surface area contributed by atoms with Crippen molar-refractivity contribution in [3.63, 3.8) is 0 Å². The number of carbonyl (C=O) groups is 1. The molecule has 0 aromatic heterocycles. The van der Waals surface area contributed by atoms with E-state index in [4.69, 9.17) is 5.84 Å². The predicted molar refractivity (Wildman–Crippen MR) is 46.8 cm³/mol. The maximum atomic E-state index is 10.6. The van der Waals surface area contributed by atoms with Gasteiger partial charge in [-0.3, -0.25) is 5.43 Å². The van der Waals surface area contributed by atoms with Crippen LogP contribution < -0.4 is 11.3 Å². The molecule has 0 aliphatic heterocycles. The number of nitrogens with zero attached hydrogens (tertiary/aromatic N) is 1. The fraction of sp³-hybridized carbons (Fsp3) is 0. The van der Waals surface area contributed by atoms with E-state index in [9.17, 15) is 4.79 Å². The molecule has 0 radical (unpaired) electrons. The summed E-state index contributed by atoms with van der Waals surface area (Å²) in [5, 5.41) is 0. The number of benzene rings is 1. The van der Waals surface area contributed by atoms with Crippen LogP contribution in [0.1, 0.15) is 5.56 Å². The predicted octanol–water partition coefficient (Wildman–Crippen LogP) is 0.689. The number of hydrogen-bond donors (Lipinski definition) is 2. The first kappa shape index (κ1) is 8.42. The van der Waals surface area contributed by atoms with Crippen molar-refractivity contribution in [3.8, 4) is 0 Å². The maximum Gasteiger partial charge on any atom is 0.355 e. The molecule has 1 aromatic rings. The lowest BCUT2D eigenvalue weighted by Crippen LogP contribution is -2.26. The Morgan fingerprint density at radius 3 is 2.67 bits per heavy atom. The molecule has 0 aliphatic rings. The molecule has 0 heterocycles. The molecule has 1 rings (SSSR count). The van der Waals surface area contributed by atoms with E-state index >= 15 is 0 Å². The molecular formula is C8H9N3O. The van der Waals surface area contributed by atoms with Crippen LogP contribution in [0.3, 0.4) is 0 Å². The Labute approximate surface area is 70.1 Å². The van der Waals surface area contributed by atoms with Crippen LogP contribution in [-0.2, 0) is 0 Å². The van der Waals surface area contributed by atoms with E-state index in [0.717, 1.165) is 5.56 Å². The Morgan fingerprint density at radius 1 is 1.42 bits per heavy atom. The third-order valence-electron chi connectivity index (χ3n) is 1.25. The highest BCUT2D eigenvalue weighted by molar-refractivity contribution is 5.90. The Morgan fingerprint density at radius 2 is 2.08 bits per heavy atom. The number of aliphatic imine (C=N–C) groups is 1. The number of nitrogens with one attached hydrogen (secondary N) is 1. The molecular weight excluding hydrogens is 154 g/mol. The molecule has 0 atom stereocenters. The topological polar surface area (TPSA) is 67.5 Å². The summed E-state index contributed by atoms with van der Waals surface area (Å²) in [5.74, 6) is 4.82. The number of nitrogens with two attached hydrogens (primary N) is 1. The van der Waals surface area contributed by atoms with E-state index in [0.29, 0.717) is 0 Å². The van der Waals surface area contributed by atoms with Gasteiger partial charge in [0, 0.05) is 6.21 Å². The molecule has 4 nitrogen and oxygen atoms in total. The second kappa shape index (κ2) is 4.25. The number of urea groups is 1. The highest BCUT2D eigenvalue weighted by Gasteiger charge is 1.89. The first-order chi connectivity index (χ1) is 5.83. The molecule has 0 saturated carbocycles. The summed E-state index contributed by atoms with van der Waals surface area (Å²) >= 11 is 0. The zero-order valence-corrected chi connectivity index (χ0v) is 6.40. The van der Waals surface area contributed by atoms with Gasteiger partial charge in [-0.05, 0) is 5.56 Å². The fourth-order valence-corrected chi connectivity index (χ4v) is 0.710. The lowest BCUT2D eigenvalue weighted by Gasteiger charge is -1.90. The Bertz CT molecular complexity index is 282. The lowest BCUT2D eigenvalue weighted by molar-refractivity contribution is 0.249. The molecule has 0 bridgehead atoms. The van der Waals surface area contributed by atoms with Crippen molar-refractivity contribution in [2.24, 2.45) is 10.8 Å². The molecule has 12 heavy (non-hydrogen) atoms. The average Bonchev–Trinajstić information content (AvgIpc) is 2.16. The molecule has 0 spiro atoms. The van der Waals surface area contributed by atoms with Crippen LogP contribution in [-0.4, -0.2) is 12.2 Å². The number of hydrogen-bond acceptors (Lipinski definition) is 2. The van der Waals surface area contributed by atoms with Gasteiger partial charge in [-0.25, -0.2) is 15.6 Å². The van der Waals surface area contributed by atoms with Gasteiger partial charge < -0.3 is 0 Å². The van der Waals surface area contributed by atoms with Crippen LogP contribution in [0.5, 0.6) is 0 Å². The molecule has 62 valence electrons. The van der Waals surface area contributed by atoms with Crippen LogP contribution in [0.15, 0.2) is 35.3 Å². The zero-order chi connectivity index (χ0) is 8.81. The molecule has 0 saturated heterocycles. The van der Waals surface area contributed by atoms with Crippen LogP contribution >= 0.6 is 0 Å². The minimum Gasteiger partial charge on any atom is -0.274 e. The van der Waals surface area contributed by atoms with Crippen LogP contribution in [0, 0.1) is 0 Å². The summed E-state index contributed by atoms with van der Waals surface area (Å²) in [7, 11) is 0. The Kier molecular flexibility index (Phi) is 2.98. The van der Waals surface area contributed by atoms with Gasteiger partial charge in [-0.1, -0.05) is 30.3 Å². The third kappa shape index (κ3) is 2.51. The maximum absolute atomic E-state index is 10.6. The number of hydrazine groups is 1. The van der Waals surface area contributed by atoms with E-state index in [2.05, 4.69) is 4.99 Å². The number of amides is 2. The largest absolute Gasteiger partial charge is 0.355 e. The van der Waals surface area contributed by atoms with Gasteiger partial charge in [0.1, 0.15) is 0 Å². The van der Waals surface area contributed by atoms with Crippen molar-refractivity contribution in [2.45, 2.75) is 0 Å². The normalized spacial score (nSPS) is 10.1. The number of carbonyl (C=O) groups excluding carboxylic acids is 1. The zero-order valence-electron chi connectivity index (χ0n) is 6.40. The van der Waals surface area contributed by atoms with Gasteiger partial charge in [0.15, 0.2) is 0 Å². The second-order valence-corrected chi connectivity index (χ2v) is 2.12. The number of rotatable bonds is 1. The summed E-state index contributed by atoms with van der Waals surface area (Å²) in [6.07, 6.45) is 1.45. The van der Waals surface area contributed by atoms with E-state index in [-0.39, 0.29) is 0 Å². The molecule has 1 aromatic carbocycles. The minimum atomic E-state index is -0.557. The first-order valence-corrected chi connectivity index (χ1v) is 3.42. The van der Waals surface area contributed by atoms with Crippen LogP contribution in [0.4, 0.5) is 4.79 Å². The van der Waals surface area contributed by atoms with Crippen LogP contribution in [0.2, 0.25) is 0 Å². The SMILES string of the molecule is NNC(=O)/N=C/c1ccccc1. The standard InChI is InChI=1S/C8H9N3O/c9-11-8(12)10-6-7-4-2-1-3-5-7/h1-6H,9H2,(H,11,12)/b10-6+. The highest BCUT2D eigenvalue weighted by Crippen LogP contribution is 1.93. The van der Waals surface area contributed by atoms with Gasteiger partial charge in [0.2, 0.25) is 0 Å². The quantitative estimate of drug-likeness (QED) is 0.277. The van der Waals surface area contributed by atoms with Crippen molar-refractivity contribution in [3.05, 3.63) is 35.9 Å². The highest BCUT2D eigenvalue weighted by atomic mass is 16.2. The average molecular weight is 163 g/mol. The van der Waals surface area contributed by atoms with E-state index < -0.39 is 6.03 Å². The van der Waals surface area contributed by atoms with Crippen molar-refractivity contribution in [1.82, 2.24) is 5.43 Å². The van der Waals surface area contributed by atoms with Crippen molar-refractivity contribution in [1.29, 1.82) is 0 Å². The van der Waals surface area contributed by atoms with Gasteiger partial charge in [0.05, 0.1) is 0 Å². The van der Waals surface area contributed by atoms with Gasteiger partial charge in [0.25, 0.3) is 0 Å². The van der Waals surface area contributed by atoms with Gasteiger partial charge in [-0.15, -0.1) is 0 Å².